The molecule has 0 bridgehead atoms. The van der Waals surface area contributed by atoms with Crippen molar-refractivity contribution in [2.45, 2.75) is 30.6 Å². The van der Waals surface area contributed by atoms with E-state index in [1.54, 1.807) is 28.0 Å². The number of allylic oxidation sites excluding steroid dienone is 1. The summed E-state index contributed by atoms with van der Waals surface area (Å²) < 4.78 is 3.39. The van der Waals surface area contributed by atoms with E-state index in [1.165, 1.54) is 29.5 Å². The van der Waals surface area contributed by atoms with E-state index < -0.39 is 0 Å². The van der Waals surface area contributed by atoms with Gasteiger partial charge in [-0.3, -0.25) is 23.5 Å². The molecular weight excluding hydrogens is 468 g/mol. The highest BCUT2D eigenvalue weighted by Crippen LogP contribution is 2.28. The van der Waals surface area contributed by atoms with Crippen LogP contribution in [0.4, 0.5) is 0 Å². The molecule has 34 heavy (non-hydrogen) atoms. The Bertz CT molecular complexity index is 1370. The molecule has 1 N–H and O–H groups in total. The minimum absolute atomic E-state index is 0.0498. The van der Waals surface area contributed by atoms with Crippen molar-refractivity contribution in [1.29, 1.82) is 0 Å². The number of likely N-dealkylation sites (tertiary alicyclic amines) is 1. The third-order valence-electron chi connectivity index (χ3n) is 6.07. The maximum absolute atomic E-state index is 12.9. The third-order valence-corrected chi connectivity index (χ3v) is 7.97. The summed E-state index contributed by atoms with van der Waals surface area (Å²) in [4.78, 5) is 29.4. The van der Waals surface area contributed by atoms with E-state index in [4.69, 9.17) is 0 Å². The lowest BCUT2D eigenvalue weighted by Gasteiger charge is -2.26. The van der Waals surface area contributed by atoms with Gasteiger partial charge in [-0.1, -0.05) is 36.0 Å². The zero-order valence-electron chi connectivity index (χ0n) is 18.7. The monoisotopic (exact) mass is 494 g/mol. The van der Waals surface area contributed by atoms with E-state index in [9.17, 15) is 9.59 Å². The molecule has 4 aromatic rings. The van der Waals surface area contributed by atoms with E-state index >= 15 is 0 Å². The second-order valence-electron chi connectivity index (χ2n) is 8.21. The first-order valence-corrected chi connectivity index (χ1v) is 13.2. The Morgan fingerprint density at radius 2 is 2.03 bits per heavy atom. The average Bonchev–Trinajstić information content (AvgIpc) is 3.63. The smallest absolute Gasteiger partial charge is 0.263 e. The zero-order valence-corrected chi connectivity index (χ0v) is 20.4. The van der Waals surface area contributed by atoms with Crippen LogP contribution >= 0.6 is 23.1 Å². The van der Waals surface area contributed by atoms with Crippen LogP contribution in [0, 0.1) is 0 Å². The van der Waals surface area contributed by atoms with Gasteiger partial charge in [0.25, 0.3) is 5.56 Å². The number of thiophene rings is 1. The highest BCUT2D eigenvalue weighted by atomic mass is 32.2. The van der Waals surface area contributed by atoms with Crippen molar-refractivity contribution in [3.05, 3.63) is 69.7 Å². The fourth-order valence-corrected chi connectivity index (χ4v) is 6.09. The molecule has 10 heteroatoms. The molecule has 8 nitrogen and oxygen atoms in total. The van der Waals surface area contributed by atoms with E-state index in [-0.39, 0.29) is 23.3 Å². The Balaban J connectivity index is 1.33. The fraction of sp³-hybridized carbons (Fsp3) is 0.333. The lowest BCUT2D eigenvalue weighted by Crippen LogP contribution is -2.37. The predicted molar refractivity (Wildman–Crippen MR) is 137 cm³/mol. The Hall–Kier alpha value is -2.95. The van der Waals surface area contributed by atoms with Gasteiger partial charge in [0.05, 0.1) is 22.7 Å². The topological polar surface area (TPSA) is 84.5 Å². The molecule has 1 aliphatic heterocycles. The highest BCUT2D eigenvalue weighted by molar-refractivity contribution is 7.99. The molecule has 176 valence electrons. The van der Waals surface area contributed by atoms with Crippen LogP contribution in [-0.4, -0.2) is 55.4 Å². The quantitative estimate of drug-likeness (QED) is 0.284. The van der Waals surface area contributed by atoms with Crippen LogP contribution in [0.2, 0.25) is 0 Å². The van der Waals surface area contributed by atoms with E-state index in [1.807, 2.05) is 22.6 Å². The number of hydrogen-bond acceptors (Lipinski definition) is 7. The van der Waals surface area contributed by atoms with Gasteiger partial charge in [0.2, 0.25) is 11.7 Å². The molecule has 5 rings (SSSR count). The Kier molecular flexibility index (Phi) is 6.80. The second-order valence-corrected chi connectivity index (χ2v) is 10.1. The number of nitrogens with zero attached hydrogens (tertiary/aromatic N) is 5. The number of nitrogens with one attached hydrogen (secondary N) is 1. The summed E-state index contributed by atoms with van der Waals surface area (Å²) in [6.07, 6.45) is 4.07. The molecule has 0 aliphatic carbocycles. The summed E-state index contributed by atoms with van der Waals surface area (Å²) in [5, 5.41) is 14.9. The van der Waals surface area contributed by atoms with E-state index in [2.05, 4.69) is 44.5 Å². The maximum atomic E-state index is 12.9. The van der Waals surface area contributed by atoms with Gasteiger partial charge in [0, 0.05) is 18.0 Å². The van der Waals surface area contributed by atoms with Gasteiger partial charge in [0.1, 0.15) is 0 Å². The zero-order chi connectivity index (χ0) is 23.5. The first kappa shape index (κ1) is 22.8. The predicted octanol–water partition coefficient (Wildman–Crippen LogP) is 3.34. The maximum Gasteiger partial charge on any atom is 0.263 e. The molecule has 1 saturated heterocycles. The minimum atomic E-state index is -0.133. The van der Waals surface area contributed by atoms with Crippen LogP contribution < -0.4 is 10.9 Å². The molecule has 1 atom stereocenters. The van der Waals surface area contributed by atoms with Gasteiger partial charge in [0.15, 0.2) is 5.16 Å². The largest absolute Gasteiger partial charge is 0.353 e. The van der Waals surface area contributed by atoms with Gasteiger partial charge in [-0.15, -0.1) is 28.1 Å². The Morgan fingerprint density at radius 3 is 2.79 bits per heavy atom. The first-order chi connectivity index (χ1) is 16.7. The number of hydrogen-bond donors (Lipinski definition) is 1. The van der Waals surface area contributed by atoms with Gasteiger partial charge in [-0.05, 0) is 49.5 Å². The first-order valence-electron chi connectivity index (χ1n) is 11.3. The van der Waals surface area contributed by atoms with Crippen molar-refractivity contribution in [3.63, 3.8) is 0 Å². The van der Waals surface area contributed by atoms with Crippen molar-refractivity contribution in [2.75, 3.05) is 25.4 Å². The molecule has 0 radical (unpaired) electrons. The summed E-state index contributed by atoms with van der Waals surface area (Å²) in [5.41, 5.74) is 0.591. The summed E-state index contributed by atoms with van der Waals surface area (Å²) in [7, 11) is 0. The molecule has 0 saturated carbocycles. The average molecular weight is 495 g/mol. The molecule has 3 aromatic heterocycles. The number of carbonyl (C=O) groups excluding carboxylic acids is 1. The fourth-order valence-electron chi connectivity index (χ4n) is 4.46. The summed E-state index contributed by atoms with van der Waals surface area (Å²) >= 11 is 3.05. The number of aromatic nitrogens is 4. The number of para-hydroxylation sites is 1. The summed E-state index contributed by atoms with van der Waals surface area (Å²) in [6, 6.07) is 11.8. The van der Waals surface area contributed by atoms with Crippen molar-refractivity contribution in [1.82, 2.24) is 29.4 Å². The van der Waals surface area contributed by atoms with E-state index in [0.29, 0.717) is 29.4 Å². The van der Waals surface area contributed by atoms with Crippen LogP contribution in [0.1, 0.15) is 23.8 Å². The van der Waals surface area contributed by atoms with Gasteiger partial charge >= 0.3 is 0 Å². The van der Waals surface area contributed by atoms with Crippen LogP contribution in [0.3, 0.4) is 0 Å². The molecule has 0 spiro atoms. The van der Waals surface area contributed by atoms with Crippen LogP contribution in [0.15, 0.2) is 64.4 Å². The highest BCUT2D eigenvalue weighted by Gasteiger charge is 2.25. The van der Waals surface area contributed by atoms with E-state index in [0.717, 1.165) is 18.6 Å². The lowest BCUT2D eigenvalue weighted by molar-refractivity contribution is -0.118. The Morgan fingerprint density at radius 1 is 1.21 bits per heavy atom. The molecule has 4 heterocycles. The van der Waals surface area contributed by atoms with Crippen LogP contribution in [0.5, 0.6) is 0 Å². The van der Waals surface area contributed by atoms with Gasteiger partial charge < -0.3 is 5.32 Å². The number of thioether (sulfide) groups is 1. The molecule has 1 unspecified atom stereocenters. The summed E-state index contributed by atoms with van der Waals surface area (Å²) in [5.74, 6) is 0.608. The van der Waals surface area contributed by atoms with Crippen LogP contribution in [-0.2, 0) is 11.3 Å². The minimum Gasteiger partial charge on any atom is -0.353 e. The number of benzene rings is 1. The van der Waals surface area contributed by atoms with Crippen LogP contribution in [0.25, 0.3) is 16.7 Å². The number of fused-ring (bicyclic) bond motifs is 3. The molecule has 1 aromatic carbocycles. The molecule has 1 fully saturated rings. The SMILES string of the molecule is C=CCn1c(=O)c2ccccc2n2c(SCC(=O)NCC(c3cccs3)N3CCCC3)nnc12. The van der Waals surface area contributed by atoms with Gasteiger partial charge in [-0.25, -0.2) is 0 Å². The van der Waals surface area contributed by atoms with Crippen molar-refractivity contribution in [3.8, 4) is 0 Å². The van der Waals surface area contributed by atoms with Gasteiger partial charge in [-0.2, -0.15) is 0 Å². The van der Waals surface area contributed by atoms with Crippen molar-refractivity contribution < 1.29 is 4.79 Å². The Labute approximate surface area is 205 Å². The molecular formula is C24H26N6O2S2. The normalized spacial score (nSPS) is 15.2. The number of carbonyl (C=O) groups is 1. The number of rotatable bonds is 9. The lowest BCUT2D eigenvalue weighted by atomic mass is 10.2. The third kappa shape index (κ3) is 4.40. The van der Waals surface area contributed by atoms with Crippen molar-refractivity contribution >= 4 is 45.7 Å². The standard InChI is InChI=1S/C24H26N6O2S2/c1-2-11-29-22(32)17-8-3-4-9-18(17)30-23(29)26-27-24(30)34-16-21(31)25-15-19(20-10-7-14-33-20)28-12-5-6-13-28/h2-4,7-10,14,19H,1,5-6,11-13,15-16H2,(H,25,31). The molecule has 1 amide bonds. The second kappa shape index (κ2) is 10.1. The molecule has 1 aliphatic rings. The number of amides is 1. The van der Waals surface area contributed by atoms with Crippen molar-refractivity contribution in [2.24, 2.45) is 0 Å². The summed E-state index contributed by atoms with van der Waals surface area (Å²) in [6.45, 7) is 6.81.